The van der Waals surface area contributed by atoms with Crippen molar-refractivity contribution in [1.82, 2.24) is 9.97 Å². The molecule has 2 atom stereocenters. The van der Waals surface area contributed by atoms with Gasteiger partial charge in [-0.1, -0.05) is 0 Å². The van der Waals surface area contributed by atoms with Crippen LogP contribution in [0.15, 0.2) is 35.2 Å². The summed E-state index contributed by atoms with van der Waals surface area (Å²) in [5, 5.41) is 27.6. The Bertz CT molecular complexity index is 487. The molecule has 0 aliphatic rings. The Kier molecular flexibility index (Phi) is 4.03. The van der Waals surface area contributed by atoms with Gasteiger partial charge in [0.25, 0.3) is 0 Å². The van der Waals surface area contributed by atoms with E-state index in [1.165, 1.54) is 12.5 Å². The summed E-state index contributed by atoms with van der Waals surface area (Å²) >= 11 is 0. The SMILES string of the molecule is OC[C@H](O)[C@@H](O)Cc1cncc(-c2ccco2)n1. The zero-order chi connectivity index (χ0) is 13.0. The first-order valence-corrected chi connectivity index (χ1v) is 5.52. The smallest absolute Gasteiger partial charge is 0.153 e. The largest absolute Gasteiger partial charge is 0.463 e. The molecule has 0 amide bonds. The molecule has 2 aromatic heterocycles. The lowest BCUT2D eigenvalue weighted by molar-refractivity contribution is -0.0137. The average Bonchev–Trinajstić information content (AvgIpc) is 2.92. The maximum atomic E-state index is 9.59. The summed E-state index contributed by atoms with van der Waals surface area (Å²) in [6, 6.07) is 3.50. The topological polar surface area (TPSA) is 99.6 Å². The van der Waals surface area contributed by atoms with Gasteiger partial charge in [0.05, 0.1) is 30.9 Å². The van der Waals surface area contributed by atoms with Crippen molar-refractivity contribution < 1.29 is 19.7 Å². The minimum absolute atomic E-state index is 0.114. The Balaban J connectivity index is 2.13. The minimum atomic E-state index is -1.18. The van der Waals surface area contributed by atoms with E-state index in [1.807, 2.05) is 0 Å². The van der Waals surface area contributed by atoms with Crippen LogP contribution in [0, 0.1) is 0 Å². The minimum Gasteiger partial charge on any atom is -0.463 e. The summed E-state index contributed by atoms with van der Waals surface area (Å²) < 4.78 is 5.19. The zero-order valence-electron chi connectivity index (χ0n) is 9.60. The molecule has 0 saturated carbocycles. The summed E-state index contributed by atoms with van der Waals surface area (Å²) in [5.74, 6) is 0.585. The van der Waals surface area contributed by atoms with Gasteiger partial charge in [-0.2, -0.15) is 0 Å². The molecule has 0 aliphatic heterocycles. The fraction of sp³-hybridized carbons (Fsp3) is 0.333. The van der Waals surface area contributed by atoms with Gasteiger partial charge in [0.2, 0.25) is 0 Å². The van der Waals surface area contributed by atoms with Crippen molar-refractivity contribution in [2.75, 3.05) is 6.61 Å². The average molecular weight is 250 g/mol. The third-order valence-corrected chi connectivity index (χ3v) is 2.51. The number of hydrogen-bond donors (Lipinski definition) is 3. The van der Waals surface area contributed by atoms with E-state index >= 15 is 0 Å². The Labute approximate surface area is 104 Å². The highest BCUT2D eigenvalue weighted by molar-refractivity contribution is 5.50. The van der Waals surface area contributed by atoms with Crippen LogP contribution in [0.4, 0.5) is 0 Å². The first kappa shape index (κ1) is 12.7. The number of furan rings is 1. The van der Waals surface area contributed by atoms with Gasteiger partial charge in [-0.25, -0.2) is 4.98 Å². The fourth-order valence-electron chi connectivity index (χ4n) is 1.52. The molecule has 0 aromatic carbocycles. The van der Waals surface area contributed by atoms with E-state index in [2.05, 4.69) is 9.97 Å². The number of aliphatic hydroxyl groups excluding tert-OH is 3. The second-order valence-corrected chi connectivity index (χ2v) is 3.89. The molecule has 0 saturated heterocycles. The number of rotatable bonds is 5. The van der Waals surface area contributed by atoms with E-state index < -0.39 is 18.8 Å². The molecule has 0 aliphatic carbocycles. The molecule has 2 rings (SSSR count). The summed E-state index contributed by atoms with van der Waals surface area (Å²) in [4.78, 5) is 8.26. The highest BCUT2D eigenvalue weighted by atomic mass is 16.4. The molecule has 18 heavy (non-hydrogen) atoms. The Hall–Kier alpha value is -1.76. The van der Waals surface area contributed by atoms with E-state index in [1.54, 1.807) is 18.3 Å². The van der Waals surface area contributed by atoms with Crippen molar-refractivity contribution in [3.05, 3.63) is 36.5 Å². The predicted molar refractivity (Wildman–Crippen MR) is 62.5 cm³/mol. The monoisotopic (exact) mass is 250 g/mol. The van der Waals surface area contributed by atoms with Crippen LogP contribution in [0.5, 0.6) is 0 Å². The molecule has 0 fully saturated rings. The van der Waals surface area contributed by atoms with Gasteiger partial charge in [0, 0.05) is 12.6 Å². The highest BCUT2D eigenvalue weighted by Gasteiger charge is 2.17. The molecule has 2 aromatic rings. The highest BCUT2D eigenvalue weighted by Crippen LogP contribution is 2.16. The van der Waals surface area contributed by atoms with Gasteiger partial charge >= 0.3 is 0 Å². The van der Waals surface area contributed by atoms with E-state index in [0.717, 1.165) is 0 Å². The van der Waals surface area contributed by atoms with E-state index in [0.29, 0.717) is 17.1 Å². The summed E-state index contributed by atoms with van der Waals surface area (Å²) in [5.41, 5.74) is 1.08. The predicted octanol–water partition coefficient (Wildman–Crippen LogP) is -0.00680. The molecule has 6 heteroatoms. The third kappa shape index (κ3) is 2.92. The number of hydrogen-bond acceptors (Lipinski definition) is 6. The van der Waals surface area contributed by atoms with Crippen LogP contribution in [0.3, 0.4) is 0 Å². The molecular formula is C12H14N2O4. The lowest BCUT2D eigenvalue weighted by Crippen LogP contribution is -2.31. The lowest BCUT2D eigenvalue weighted by Gasteiger charge is -2.14. The van der Waals surface area contributed by atoms with Crippen LogP contribution in [0.1, 0.15) is 5.69 Å². The first-order valence-electron chi connectivity index (χ1n) is 5.52. The zero-order valence-corrected chi connectivity index (χ0v) is 9.60. The standard InChI is InChI=1S/C12H14N2O4/c15-7-11(17)10(16)4-8-5-13-6-9(14-8)12-2-1-3-18-12/h1-3,5-6,10-11,15-17H,4,7H2/t10-,11-/m0/s1. The van der Waals surface area contributed by atoms with E-state index in [-0.39, 0.29) is 6.42 Å². The first-order chi connectivity index (χ1) is 8.70. The molecular weight excluding hydrogens is 236 g/mol. The van der Waals surface area contributed by atoms with Gasteiger partial charge in [0.15, 0.2) is 5.76 Å². The molecule has 3 N–H and O–H groups in total. The van der Waals surface area contributed by atoms with Gasteiger partial charge in [-0.15, -0.1) is 0 Å². The quantitative estimate of drug-likeness (QED) is 0.690. The van der Waals surface area contributed by atoms with Crippen molar-refractivity contribution in [2.24, 2.45) is 0 Å². The van der Waals surface area contributed by atoms with Crippen molar-refractivity contribution >= 4 is 0 Å². The summed E-state index contributed by atoms with van der Waals surface area (Å²) in [6.07, 6.45) is 2.45. The summed E-state index contributed by atoms with van der Waals surface area (Å²) in [7, 11) is 0. The van der Waals surface area contributed by atoms with Crippen LogP contribution < -0.4 is 0 Å². The van der Waals surface area contributed by atoms with Crippen LogP contribution in [-0.4, -0.2) is 44.1 Å². The van der Waals surface area contributed by atoms with Crippen LogP contribution in [0.25, 0.3) is 11.5 Å². The molecule has 0 bridgehead atoms. The third-order valence-electron chi connectivity index (χ3n) is 2.51. The number of aromatic nitrogens is 2. The Morgan fingerprint density at radius 2 is 2.06 bits per heavy atom. The van der Waals surface area contributed by atoms with Gasteiger partial charge in [-0.3, -0.25) is 4.98 Å². The second kappa shape index (κ2) is 5.72. The van der Waals surface area contributed by atoms with Crippen molar-refractivity contribution in [2.45, 2.75) is 18.6 Å². The fourth-order valence-corrected chi connectivity index (χ4v) is 1.52. The van der Waals surface area contributed by atoms with Crippen LogP contribution in [0.2, 0.25) is 0 Å². The normalized spacial score (nSPS) is 14.4. The van der Waals surface area contributed by atoms with Gasteiger partial charge in [-0.05, 0) is 12.1 Å². The van der Waals surface area contributed by atoms with Crippen molar-refractivity contribution in [1.29, 1.82) is 0 Å². The number of nitrogens with zero attached hydrogens (tertiary/aromatic N) is 2. The molecule has 0 spiro atoms. The van der Waals surface area contributed by atoms with Gasteiger partial charge < -0.3 is 19.7 Å². The Morgan fingerprint density at radius 1 is 1.22 bits per heavy atom. The van der Waals surface area contributed by atoms with E-state index in [4.69, 9.17) is 9.52 Å². The molecule has 0 unspecified atom stereocenters. The van der Waals surface area contributed by atoms with Crippen LogP contribution in [-0.2, 0) is 6.42 Å². The maximum absolute atomic E-state index is 9.59. The van der Waals surface area contributed by atoms with Crippen molar-refractivity contribution in [3.8, 4) is 11.5 Å². The lowest BCUT2D eigenvalue weighted by atomic mass is 10.1. The van der Waals surface area contributed by atoms with Gasteiger partial charge in [0.1, 0.15) is 11.8 Å². The molecule has 96 valence electrons. The van der Waals surface area contributed by atoms with Crippen LogP contribution >= 0.6 is 0 Å². The van der Waals surface area contributed by atoms with Crippen molar-refractivity contribution in [3.63, 3.8) is 0 Å². The number of aliphatic hydroxyl groups is 3. The summed E-state index contributed by atoms with van der Waals surface area (Å²) in [6.45, 7) is -0.494. The molecule has 0 radical (unpaired) electrons. The second-order valence-electron chi connectivity index (χ2n) is 3.89. The Morgan fingerprint density at radius 3 is 2.72 bits per heavy atom. The maximum Gasteiger partial charge on any atom is 0.153 e. The molecule has 2 heterocycles. The van der Waals surface area contributed by atoms with E-state index in [9.17, 15) is 10.2 Å². The molecule has 6 nitrogen and oxygen atoms in total.